The first-order chi connectivity index (χ1) is 8.11. The van der Waals surface area contributed by atoms with Gasteiger partial charge in [0.2, 0.25) is 0 Å². The minimum absolute atomic E-state index is 0.0977. The number of ether oxygens (including phenoxy) is 1. The molecule has 2 N–H and O–H groups in total. The number of rotatable bonds is 3. The Labute approximate surface area is 112 Å². The Morgan fingerprint density at radius 1 is 1.53 bits per heavy atom. The third-order valence-corrected chi connectivity index (χ3v) is 4.01. The van der Waals surface area contributed by atoms with Crippen molar-refractivity contribution in [2.24, 2.45) is 11.7 Å². The quantitative estimate of drug-likeness (QED) is 0.914. The van der Waals surface area contributed by atoms with Crippen LogP contribution in [0.15, 0.2) is 22.7 Å². The molecule has 3 heteroatoms. The van der Waals surface area contributed by atoms with Gasteiger partial charge in [0.15, 0.2) is 0 Å². The van der Waals surface area contributed by atoms with E-state index in [0.717, 1.165) is 22.2 Å². The van der Waals surface area contributed by atoms with E-state index in [9.17, 15) is 0 Å². The smallest absolute Gasteiger partial charge is 0.124 e. The molecule has 0 radical (unpaired) electrons. The van der Waals surface area contributed by atoms with Crippen molar-refractivity contribution >= 4 is 15.9 Å². The zero-order chi connectivity index (χ0) is 12.4. The molecule has 0 saturated heterocycles. The summed E-state index contributed by atoms with van der Waals surface area (Å²) >= 11 is 3.48. The number of fused-ring (bicyclic) bond motifs is 1. The van der Waals surface area contributed by atoms with Crippen molar-refractivity contribution in [3.05, 3.63) is 28.2 Å². The van der Waals surface area contributed by atoms with Gasteiger partial charge in [-0.2, -0.15) is 0 Å². The molecule has 1 aromatic carbocycles. The summed E-state index contributed by atoms with van der Waals surface area (Å²) in [7, 11) is 0. The first-order valence-corrected chi connectivity index (χ1v) is 7.12. The van der Waals surface area contributed by atoms with E-state index in [1.54, 1.807) is 0 Å². The normalized spacial score (nSPS) is 24.9. The van der Waals surface area contributed by atoms with Gasteiger partial charge in [0.1, 0.15) is 11.9 Å². The lowest BCUT2D eigenvalue weighted by Crippen LogP contribution is -2.34. The molecule has 0 fully saturated rings. The van der Waals surface area contributed by atoms with Gasteiger partial charge in [-0.15, -0.1) is 0 Å². The van der Waals surface area contributed by atoms with Crippen molar-refractivity contribution in [1.82, 2.24) is 0 Å². The highest BCUT2D eigenvalue weighted by molar-refractivity contribution is 9.10. The minimum atomic E-state index is 0.0977. The summed E-state index contributed by atoms with van der Waals surface area (Å²) in [5, 5.41) is 0. The predicted octanol–water partition coefficient (Wildman–Crippen LogP) is 4.04. The summed E-state index contributed by atoms with van der Waals surface area (Å²) in [5.41, 5.74) is 7.36. The maximum Gasteiger partial charge on any atom is 0.124 e. The van der Waals surface area contributed by atoms with Gasteiger partial charge in [-0.25, -0.2) is 0 Å². The highest BCUT2D eigenvalue weighted by Gasteiger charge is 2.29. The molecule has 0 aromatic heterocycles. The zero-order valence-corrected chi connectivity index (χ0v) is 12.0. The average molecular weight is 298 g/mol. The van der Waals surface area contributed by atoms with Crippen molar-refractivity contribution in [2.45, 2.75) is 45.3 Å². The van der Waals surface area contributed by atoms with Gasteiger partial charge in [-0.1, -0.05) is 36.2 Å². The third kappa shape index (κ3) is 2.83. The maximum absolute atomic E-state index is 6.24. The number of benzene rings is 1. The van der Waals surface area contributed by atoms with Gasteiger partial charge in [-0.05, 0) is 30.5 Å². The molecule has 0 aliphatic carbocycles. The summed E-state index contributed by atoms with van der Waals surface area (Å²) in [5.74, 6) is 1.53. The van der Waals surface area contributed by atoms with Crippen LogP contribution >= 0.6 is 15.9 Å². The lowest BCUT2D eigenvalue weighted by Gasteiger charge is -2.33. The Morgan fingerprint density at radius 2 is 2.29 bits per heavy atom. The summed E-state index contributed by atoms with van der Waals surface area (Å²) in [4.78, 5) is 0. The molecule has 1 aliphatic heterocycles. The summed E-state index contributed by atoms with van der Waals surface area (Å²) < 4.78 is 7.14. The number of hydrogen-bond acceptors (Lipinski definition) is 2. The van der Waals surface area contributed by atoms with Crippen molar-refractivity contribution < 1.29 is 4.74 Å². The largest absolute Gasteiger partial charge is 0.490 e. The van der Waals surface area contributed by atoms with Gasteiger partial charge < -0.3 is 10.5 Å². The van der Waals surface area contributed by atoms with Crippen molar-refractivity contribution in [3.63, 3.8) is 0 Å². The number of hydrogen-bond donors (Lipinski definition) is 1. The van der Waals surface area contributed by atoms with E-state index in [1.165, 1.54) is 12.8 Å². The van der Waals surface area contributed by atoms with Crippen LogP contribution in [0.2, 0.25) is 0 Å². The molecule has 2 rings (SSSR count). The third-order valence-electron chi connectivity index (χ3n) is 3.51. The lowest BCUT2D eigenvalue weighted by molar-refractivity contribution is 0.102. The molecule has 0 saturated carbocycles. The molecule has 1 heterocycles. The molecule has 1 aliphatic rings. The fourth-order valence-electron chi connectivity index (χ4n) is 2.49. The second-order valence-corrected chi connectivity index (χ2v) is 5.86. The van der Waals surface area contributed by atoms with Gasteiger partial charge in [0.05, 0.1) is 0 Å². The molecule has 0 bridgehead atoms. The van der Waals surface area contributed by atoms with Crippen LogP contribution in [0.4, 0.5) is 0 Å². The van der Waals surface area contributed by atoms with E-state index >= 15 is 0 Å². The van der Waals surface area contributed by atoms with Gasteiger partial charge >= 0.3 is 0 Å². The van der Waals surface area contributed by atoms with Crippen LogP contribution in [0, 0.1) is 5.92 Å². The monoisotopic (exact) mass is 297 g/mol. The zero-order valence-electron chi connectivity index (χ0n) is 10.4. The Bertz CT molecular complexity index is 394. The maximum atomic E-state index is 6.24. The molecule has 0 spiro atoms. The highest BCUT2D eigenvalue weighted by atomic mass is 79.9. The van der Waals surface area contributed by atoms with Crippen LogP contribution in [0.5, 0.6) is 5.75 Å². The fraction of sp³-hybridized carbons (Fsp3) is 0.571. The van der Waals surface area contributed by atoms with E-state index in [0.29, 0.717) is 5.92 Å². The van der Waals surface area contributed by atoms with Crippen LogP contribution in [-0.4, -0.2) is 6.10 Å². The lowest BCUT2D eigenvalue weighted by atomic mass is 9.89. The van der Waals surface area contributed by atoms with Crippen molar-refractivity contribution in [1.29, 1.82) is 0 Å². The first kappa shape index (κ1) is 12.9. The molecule has 94 valence electrons. The Hall–Kier alpha value is -0.540. The Kier molecular flexibility index (Phi) is 4.10. The summed E-state index contributed by atoms with van der Waals surface area (Å²) in [6.07, 6.45) is 3.58. The summed E-state index contributed by atoms with van der Waals surface area (Å²) in [6.45, 7) is 4.47. The second kappa shape index (κ2) is 5.40. The standard InChI is InChI=1S/C14H20BrNO/c1-3-4-9(2)14-8-12(16)11-7-10(15)5-6-13(11)17-14/h5-7,9,12,14H,3-4,8,16H2,1-2H3. The van der Waals surface area contributed by atoms with Gasteiger partial charge in [0, 0.05) is 22.5 Å². The SMILES string of the molecule is CCCC(C)C1CC(N)c2cc(Br)ccc2O1. The van der Waals surface area contributed by atoms with E-state index in [4.69, 9.17) is 10.5 Å². The summed E-state index contributed by atoms with van der Waals surface area (Å²) in [6, 6.07) is 6.20. The topological polar surface area (TPSA) is 35.2 Å². The van der Waals surface area contributed by atoms with E-state index in [1.807, 2.05) is 12.1 Å². The fourth-order valence-corrected chi connectivity index (χ4v) is 2.87. The number of nitrogens with two attached hydrogens (primary N) is 1. The first-order valence-electron chi connectivity index (χ1n) is 6.33. The van der Waals surface area contributed by atoms with Gasteiger partial charge in [0.25, 0.3) is 0 Å². The molecule has 2 nitrogen and oxygen atoms in total. The number of halogens is 1. The van der Waals surface area contributed by atoms with E-state index in [-0.39, 0.29) is 12.1 Å². The van der Waals surface area contributed by atoms with Crippen LogP contribution < -0.4 is 10.5 Å². The van der Waals surface area contributed by atoms with E-state index < -0.39 is 0 Å². The highest BCUT2D eigenvalue weighted by Crippen LogP contribution is 2.37. The van der Waals surface area contributed by atoms with E-state index in [2.05, 4.69) is 35.8 Å². The average Bonchev–Trinajstić information content (AvgIpc) is 2.30. The Morgan fingerprint density at radius 3 is 3.00 bits per heavy atom. The predicted molar refractivity (Wildman–Crippen MR) is 74.2 cm³/mol. The second-order valence-electron chi connectivity index (χ2n) is 4.95. The molecule has 3 unspecified atom stereocenters. The van der Waals surface area contributed by atoms with Crippen LogP contribution in [0.25, 0.3) is 0 Å². The van der Waals surface area contributed by atoms with Crippen LogP contribution in [0.1, 0.15) is 44.7 Å². The molecule has 0 amide bonds. The molecule has 3 atom stereocenters. The Balaban J connectivity index is 2.18. The molecular weight excluding hydrogens is 278 g/mol. The van der Waals surface area contributed by atoms with Crippen LogP contribution in [-0.2, 0) is 0 Å². The molecule has 1 aromatic rings. The molecule has 17 heavy (non-hydrogen) atoms. The van der Waals surface area contributed by atoms with Gasteiger partial charge in [-0.3, -0.25) is 0 Å². The minimum Gasteiger partial charge on any atom is -0.490 e. The van der Waals surface area contributed by atoms with Crippen molar-refractivity contribution in [2.75, 3.05) is 0 Å². The van der Waals surface area contributed by atoms with Crippen molar-refractivity contribution in [3.8, 4) is 5.75 Å². The molecular formula is C14H20BrNO. The van der Waals surface area contributed by atoms with Crippen LogP contribution in [0.3, 0.4) is 0 Å².